The third kappa shape index (κ3) is 4.27. The summed E-state index contributed by atoms with van der Waals surface area (Å²) in [7, 11) is -3.81. The Morgan fingerprint density at radius 3 is 2.22 bits per heavy atom. The minimum atomic E-state index is -3.81. The molecule has 0 aliphatic rings. The lowest BCUT2D eigenvalue weighted by atomic mass is 10.1. The standard InChI is InChI=1S/C11H20N2O4S/c1-5-9(8-12)18(16,17)13(11(2,3)4)7-6-10(14)15/h9H,5-7H2,1-4H3,(H,14,15). The molecule has 18 heavy (non-hydrogen) atoms. The van der Waals surface area contributed by atoms with Gasteiger partial charge in [0.1, 0.15) is 0 Å². The smallest absolute Gasteiger partial charge is 0.304 e. The van der Waals surface area contributed by atoms with Gasteiger partial charge in [0.25, 0.3) is 0 Å². The van der Waals surface area contributed by atoms with E-state index < -0.39 is 26.8 Å². The van der Waals surface area contributed by atoms with Gasteiger partial charge in [0.15, 0.2) is 5.25 Å². The molecule has 0 amide bonds. The quantitative estimate of drug-likeness (QED) is 0.785. The predicted molar refractivity (Wildman–Crippen MR) is 67.3 cm³/mol. The number of nitrogens with zero attached hydrogens (tertiary/aromatic N) is 2. The summed E-state index contributed by atoms with van der Waals surface area (Å²) in [6.07, 6.45) is -0.100. The van der Waals surface area contributed by atoms with Gasteiger partial charge < -0.3 is 5.11 Å². The van der Waals surface area contributed by atoms with Gasteiger partial charge in [-0.15, -0.1) is 0 Å². The van der Waals surface area contributed by atoms with Gasteiger partial charge in [-0.1, -0.05) is 6.92 Å². The fourth-order valence-corrected chi connectivity index (χ4v) is 3.53. The second-order valence-electron chi connectivity index (χ2n) is 4.96. The van der Waals surface area contributed by atoms with Crippen molar-refractivity contribution in [2.45, 2.75) is 51.3 Å². The zero-order chi connectivity index (χ0) is 14.6. The SMILES string of the molecule is CCC(C#N)S(=O)(=O)N(CCC(=O)O)C(C)(C)C. The van der Waals surface area contributed by atoms with Gasteiger partial charge in [0, 0.05) is 12.1 Å². The van der Waals surface area contributed by atoms with Crippen molar-refractivity contribution in [3.05, 3.63) is 0 Å². The molecule has 1 unspecified atom stereocenters. The number of carboxylic acids is 1. The maximum Gasteiger partial charge on any atom is 0.304 e. The molecule has 7 heteroatoms. The van der Waals surface area contributed by atoms with Crippen LogP contribution in [0.4, 0.5) is 0 Å². The Morgan fingerprint density at radius 2 is 1.94 bits per heavy atom. The maximum absolute atomic E-state index is 12.3. The average Bonchev–Trinajstić information content (AvgIpc) is 2.15. The van der Waals surface area contributed by atoms with Crippen molar-refractivity contribution in [1.82, 2.24) is 4.31 Å². The number of carbonyl (C=O) groups is 1. The van der Waals surface area contributed by atoms with Crippen LogP contribution < -0.4 is 0 Å². The van der Waals surface area contributed by atoms with Crippen LogP contribution in [0.1, 0.15) is 40.5 Å². The molecule has 0 aromatic rings. The van der Waals surface area contributed by atoms with Gasteiger partial charge in [-0.25, -0.2) is 8.42 Å². The monoisotopic (exact) mass is 276 g/mol. The Hall–Kier alpha value is -1.13. The van der Waals surface area contributed by atoms with Gasteiger partial charge in [-0.2, -0.15) is 9.57 Å². The van der Waals surface area contributed by atoms with E-state index in [9.17, 15) is 13.2 Å². The lowest BCUT2D eigenvalue weighted by Crippen LogP contribution is -2.49. The normalized spacial score (nSPS) is 14.2. The molecule has 0 spiro atoms. The third-order valence-electron chi connectivity index (χ3n) is 2.46. The topological polar surface area (TPSA) is 98.5 Å². The highest BCUT2D eigenvalue weighted by Crippen LogP contribution is 2.23. The minimum Gasteiger partial charge on any atom is -0.481 e. The van der Waals surface area contributed by atoms with E-state index in [4.69, 9.17) is 10.4 Å². The van der Waals surface area contributed by atoms with E-state index in [1.165, 1.54) is 0 Å². The molecule has 104 valence electrons. The van der Waals surface area contributed by atoms with Gasteiger partial charge in [0.05, 0.1) is 12.5 Å². The summed E-state index contributed by atoms with van der Waals surface area (Å²) in [5, 5.41) is 16.4. The Labute approximate surface area is 108 Å². The fraction of sp³-hybridized carbons (Fsp3) is 0.818. The zero-order valence-electron chi connectivity index (χ0n) is 11.2. The fourth-order valence-electron chi connectivity index (χ4n) is 1.56. The average molecular weight is 276 g/mol. The van der Waals surface area contributed by atoms with Crippen molar-refractivity contribution in [1.29, 1.82) is 5.26 Å². The largest absolute Gasteiger partial charge is 0.481 e. The second kappa shape index (κ2) is 6.16. The minimum absolute atomic E-state index is 0.126. The molecule has 0 fully saturated rings. The maximum atomic E-state index is 12.3. The molecular weight excluding hydrogens is 256 g/mol. The molecular formula is C11H20N2O4S. The molecule has 0 aromatic heterocycles. The number of rotatable bonds is 6. The van der Waals surface area contributed by atoms with E-state index in [0.29, 0.717) is 0 Å². The van der Waals surface area contributed by atoms with E-state index in [2.05, 4.69) is 0 Å². The summed E-state index contributed by atoms with van der Waals surface area (Å²) < 4.78 is 25.6. The van der Waals surface area contributed by atoms with Gasteiger partial charge in [-0.3, -0.25) is 4.79 Å². The first-order chi connectivity index (χ1) is 8.07. The van der Waals surface area contributed by atoms with E-state index >= 15 is 0 Å². The summed E-state index contributed by atoms with van der Waals surface area (Å²) in [5.41, 5.74) is -0.751. The van der Waals surface area contributed by atoms with Crippen LogP contribution in [-0.2, 0) is 14.8 Å². The molecule has 0 aromatic carbocycles. The molecule has 0 radical (unpaired) electrons. The summed E-state index contributed by atoms with van der Waals surface area (Å²) in [5.74, 6) is -1.07. The molecule has 0 saturated carbocycles. The number of sulfonamides is 1. The first kappa shape index (κ1) is 16.9. The van der Waals surface area contributed by atoms with Crippen LogP contribution >= 0.6 is 0 Å². The van der Waals surface area contributed by atoms with E-state index in [0.717, 1.165) is 4.31 Å². The van der Waals surface area contributed by atoms with Gasteiger partial charge in [-0.05, 0) is 27.2 Å². The summed E-state index contributed by atoms with van der Waals surface area (Å²) in [4.78, 5) is 10.6. The first-order valence-electron chi connectivity index (χ1n) is 5.70. The molecule has 0 aliphatic carbocycles. The van der Waals surface area contributed by atoms with Crippen molar-refractivity contribution in [3.8, 4) is 6.07 Å². The second-order valence-corrected chi connectivity index (χ2v) is 7.00. The summed E-state index contributed by atoms with van der Waals surface area (Å²) in [6.45, 7) is 6.52. The molecule has 0 rings (SSSR count). The number of nitriles is 1. The van der Waals surface area contributed by atoms with Crippen LogP contribution in [0, 0.1) is 11.3 Å². The van der Waals surface area contributed by atoms with E-state index in [-0.39, 0.29) is 19.4 Å². The van der Waals surface area contributed by atoms with Crippen LogP contribution in [-0.4, -0.2) is 41.1 Å². The lowest BCUT2D eigenvalue weighted by Gasteiger charge is -2.35. The highest BCUT2D eigenvalue weighted by atomic mass is 32.2. The van der Waals surface area contributed by atoms with Crippen molar-refractivity contribution in [2.75, 3.05) is 6.54 Å². The number of carboxylic acid groups (broad SMARTS) is 1. The van der Waals surface area contributed by atoms with Crippen molar-refractivity contribution in [2.24, 2.45) is 0 Å². The molecule has 0 bridgehead atoms. The number of hydrogen-bond acceptors (Lipinski definition) is 4. The third-order valence-corrected chi connectivity index (χ3v) is 4.96. The molecule has 0 saturated heterocycles. The van der Waals surface area contributed by atoms with Crippen molar-refractivity contribution < 1.29 is 18.3 Å². The van der Waals surface area contributed by atoms with Gasteiger partial charge >= 0.3 is 5.97 Å². The Morgan fingerprint density at radius 1 is 1.44 bits per heavy atom. The van der Waals surface area contributed by atoms with Gasteiger partial charge in [0.2, 0.25) is 10.0 Å². The van der Waals surface area contributed by atoms with Crippen LogP contribution in [0.3, 0.4) is 0 Å². The molecule has 1 N–H and O–H groups in total. The van der Waals surface area contributed by atoms with Crippen molar-refractivity contribution in [3.63, 3.8) is 0 Å². The summed E-state index contributed by atoms with van der Waals surface area (Å²) >= 11 is 0. The van der Waals surface area contributed by atoms with Crippen LogP contribution in [0.5, 0.6) is 0 Å². The lowest BCUT2D eigenvalue weighted by molar-refractivity contribution is -0.137. The highest BCUT2D eigenvalue weighted by molar-refractivity contribution is 7.90. The predicted octanol–water partition coefficient (Wildman–Crippen LogP) is 1.19. The molecule has 0 heterocycles. The van der Waals surface area contributed by atoms with Crippen LogP contribution in [0.15, 0.2) is 0 Å². The molecule has 6 nitrogen and oxygen atoms in total. The Balaban J connectivity index is 5.33. The van der Waals surface area contributed by atoms with Crippen LogP contribution in [0.2, 0.25) is 0 Å². The molecule has 1 atom stereocenters. The number of aliphatic carboxylic acids is 1. The zero-order valence-corrected chi connectivity index (χ0v) is 12.0. The first-order valence-corrected chi connectivity index (χ1v) is 7.20. The Kier molecular flexibility index (Phi) is 5.77. The van der Waals surface area contributed by atoms with E-state index in [1.54, 1.807) is 33.8 Å². The summed E-state index contributed by atoms with van der Waals surface area (Å²) in [6, 6.07) is 1.76. The van der Waals surface area contributed by atoms with Crippen molar-refractivity contribution >= 4 is 16.0 Å². The molecule has 0 aliphatic heterocycles. The number of hydrogen-bond donors (Lipinski definition) is 1. The Bertz CT molecular complexity index is 431. The van der Waals surface area contributed by atoms with Crippen LogP contribution in [0.25, 0.3) is 0 Å². The van der Waals surface area contributed by atoms with E-state index in [1.807, 2.05) is 0 Å². The highest BCUT2D eigenvalue weighted by Gasteiger charge is 2.37.